The fourth-order valence-electron chi connectivity index (χ4n) is 3.94. The maximum Gasteiger partial charge on any atom is 0.357 e. The first-order chi connectivity index (χ1) is 16.6. The van der Waals surface area contributed by atoms with Crippen LogP contribution in [0.2, 0.25) is 18.1 Å². The van der Waals surface area contributed by atoms with Crippen LogP contribution >= 0.6 is 11.3 Å². The maximum atomic E-state index is 13.1. The first-order valence-corrected chi connectivity index (χ1v) is 16.2. The van der Waals surface area contributed by atoms with Gasteiger partial charge in [0.2, 0.25) is 5.91 Å². The predicted molar refractivity (Wildman–Crippen MR) is 143 cm³/mol. The van der Waals surface area contributed by atoms with Crippen molar-refractivity contribution in [2.45, 2.75) is 105 Å². The molecule has 1 heterocycles. The molecule has 0 aliphatic rings. The van der Waals surface area contributed by atoms with E-state index < -0.39 is 20.3 Å². The van der Waals surface area contributed by atoms with Gasteiger partial charge in [-0.15, -0.1) is 11.3 Å². The highest BCUT2D eigenvalue weighted by Crippen LogP contribution is 2.35. The van der Waals surface area contributed by atoms with Crippen LogP contribution < -0.4 is 5.32 Å². The molecule has 0 fully saturated rings. The Labute approximate surface area is 215 Å². The van der Waals surface area contributed by atoms with Crippen molar-refractivity contribution in [2.75, 3.05) is 6.61 Å². The molecular formula is C24H43N5O4SSi. The Kier molecular flexibility index (Phi) is 13.5. The second kappa shape index (κ2) is 15.2. The van der Waals surface area contributed by atoms with Crippen molar-refractivity contribution in [2.24, 2.45) is 17.0 Å². The molecule has 0 spiro atoms. The molecule has 1 aromatic heterocycles. The van der Waals surface area contributed by atoms with Crippen LogP contribution in [0, 0.1) is 11.8 Å². The van der Waals surface area contributed by atoms with E-state index >= 15 is 0 Å². The van der Waals surface area contributed by atoms with Gasteiger partial charge in [-0.2, -0.15) is 0 Å². The lowest BCUT2D eigenvalue weighted by atomic mass is 9.95. The molecule has 0 aromatic carbocycles. The monoisotopic (exact) mass is 525 g/mol. The minimum atomic E-state index is -2.02. The van der Waals surface area contributed by atoms with E-state index in [1.807, 2.05) is 27.7 Å². The Morgan fingerprint density at radius 2 is 1.80 bits per heavy atom. The van der Waals surface area contributed by atoms with Crippen LogP contribution in [-0.2, 0) is 14.0 Å². The summed E-state index contributed by atoms with van der Waals surface area (Å²) in [5, 5.41) is 9.31. The molecule has 35 heavy (non-hydrogen) atoms. The van der Waals surface area contributed by atoms with Gasteiger partial charge in [-0.25, -0.2) is 9.78 Å². The summed E-state index contributed by atoms with van der Waals surface area (Å²) in [5.74, 6) is -0.680. The minimum absolute atomic E-state index is 0.0720. The molecule has 1 amide bonds. The number of rotatable bonds is 16. The molecule has 1 unspecified atom stereocenters. The Bertz CT molecular complexity index is 846. The number of amides is 1. The van der Waals surface area contributed by atoms with Crippen molar-refractivity contribution in [3.8, 4) is 0 Å². The molecule has 11 heteroatoms. The predicted octanol–water partition coefficient (Wildman–Crippen LogP) is 6.64. The highest BCUT2D eigenvalue weighted by Gasteiger charge is 2.36. The molecule has 1 rings (SSSR count). The number of carbonyl (C=O) groups is 2. The topological polar surface area (TPSA) is 126 Å². The second-order valence-electron chi connectivity index (χ2n) is 9.27. The summed E-state index contributed by atoms with van der Waals surface area (Å²) in [4.78, 5) is 32.8. The molecule has 198 valence electrons. The standard InChI is InChI=1S/C24H43N5O4SSi/c1-9-17(8)21(28-29-25)22(30)26-18(16(6)7)14-20(33-35(11-3,12-4)13-5)23-27-19(15-34-23)24(31)32-10-2/h15-18,20-21H,9-14H2,1-8H3,(H,26,30)/t17-,18+,20?,21-/m0/s1. The zero-order chi connectivity index (χ0) is 26.6. The van der Waals surface area contributed by atoms with Gasteiger partial charge in [-0.1, -0.05) is 60.0 Å². The summed E-state index contributed by atoms with van der Waals surface area (Å²) in [7, 11) is -2.02. The number of thiazole rings is 1. The smallest absolute Gasteiger partial charge is 0.357 e. The first kappa shape index (κ1) is 31.1. The van der Waals surface area contributed by atoms with Crippen molar-refractivity contribution >= 4 is 31.5 Å². The van der Waals surface area contributed by atoms with Crippen LogP contribution in [0.4, 0.5) is 0 Å². The van der Waals surface area contributed by atoms with E-state index in [9.17, 15) is 9.59 Å². The molecule has 1 N–H and O–H groups in total. The van der Waals surface area contributed by atoms with Crippen LogP contribution in [0.3, 0.4) is 0 Å². The fraction of sp³-hybridized carbons (Fsp3) is 0.792. The number of aromatic nitrogens is 1. The zero-order valence-electron chi connectivity index (χ0n) is 22.5. The summed E-state index contributed by atoms with van der Waals surface area (Å²) in [5.41, 5.74) is 9.26. The lowest BCUT2D eigenvalue weighted by Gasteiger charge is -2.35. The van der Waals surface area contributed by atoms with Crippen molar-refractivity contribution in [3.05, 3.63) is 26.5 Å². The lowest BCUT2D eigenvalue weighted by Crippen LogP contribution is -2.47. The zero-order valence-corrected chi connectivity index (χ0v) is 24.4. The number of hydrogen-bond acceptors (Lipinski definition) is 7. The quantitative estimate of drug-likeness (QED) is 0.0851. The molecular weight excluding hydrogens is 482 g/mol. The molecule has 4 atom stereocenters. The van der Waals surface area contributed by atoms with E-state index in [0.29, 0.717) is 11.4 Å². The SMILES string of the molecule is CCOC(=O)c1csc(C(C[C@@H](NC(=O)[C@@H](N=[N+]=[N-])[C@@H](C)CC)C(C)C)O[Si](CC)(CC)CC)n1. The van der Waals surface area contributed by atoms with E-state index in [-0.39, 0.29) is 42.2 Å². The lowest BCUT2D eigenvalue weighted by molar-refractivity contribution is -0.124. The molecule has 0 bridgehead atoms. The van der Waals surface area contributed by atoms with Gasteiger partial charge in [0.05, 0.1) is 12.7 Å². The van der Waals surface area contributed by atoms with Crippen molar-refractivity contribution in [1.82, 2.24) is 10.3 Å². The highest BCUT2D eigenvalue weighted by atomic mass is 32.1. The molecule has 0 aliphatic carbocycles. The number of ether oxygens (including phenoxy) is 1. The van der Waals surface area contributed by atoms with Gasteiger partial charge in [-0.3, -0.25) is 4.79 Å². The average molecular weight is 526 g/mol. The Balaban J connectivity index is 3.30. The number of carbonyl (C=O) groups excluding carboxylic acids is 2. The normalized spacial score (nSPS) is 15.1. The largest absolute Gasteiger partial charge is 0.461 e. The van der Waals surface area contributed by atoms with E-state index in [1.54, 1.807) is 12.3 Å². The summed E-state index contributed by atoms with van der Waals surface area (Å²) < 4.78 is 12.0. The fourth-order valence-corrected chi connectivity index (χ4v) is 7.66. The van der Waals surface area contributed by atoms with Gasteiger partial charge in [0.25, 0.3) is 0 Å². The van der Waals surface area contributed by atoms with Crippen molar-refractivity contribution in [3.63, 3.8) is 0 Å². The Hall–Kier alpha value is -1.94. The third-order valence-corrected chi connectivity index (χ3v) is 12.4. The molecule has 0 aliphatic heterocycles. The minimum Gasteiger partial charge on any atom is -0.461 e. The summed E-state index contributed by atoms with van der Waals surface area (Å²) in [6.07, 6.45) is 0.879. The van der Waals surface area contributed by atoms with E-state index in [1.165, 1.54) is 11.3 Å². The molecule has 0 saturated heterocycles. The summed E-state index contributed by atoms with van der Waals surface area (Å²) in [6.45, 7) is 16.5. The van der Waals surface area contributed by atoms with Gasteiger partial charge in [0, 0.05) is 16.3 Å². The van der Waals surface area contributed by atoms with Crippen LogP contribution in [0.5, 0.6) is 0 Å². The molecule has 1 aromatic rings. The second-order valence-corrected chi connectivity index (χ2v) is 14.9. The van der Waals surface area contributed by atoms with Crippen molar-refractivity contribution < 1.29 is 18.8 Å². The Morgan fingerprint density at radius 1 is 1.17 bits per heavy atom. The molecule has 0 radical (unpaired) electrons. The van der Waals surface area contributed by atoms with E-state index in [0.717, 1.165) is 24.6 Å². The summed E-state index contributed by atoms with van der Waals surface area (Å²) >= 11 is 1.39. The Morgan fingerprint density at radius 3 is 2.29 bits per heavy atom. The number of esters is 1. The summed E-state index contributed by atoms with van der Waals surface area (Å²) in [6, 6.07) is 1.92. The van der Waals surface area contributed by atoms with Gasteiger partial charge in [0.15, 0.2) is 14.0 Å². The molecule has 0 saturated carbocycles. The van der Waals surface area contributed by atoms with Crippen LogP contribution in [0.15, 0.2) is 10.5 Å². The van der Waals surface area contributed by atoms with Crippen LogP contribution in [-0.4, -0.2) is 43.9 Å². The van der Waals surface area contributed by atoms with Crippen LogP contribution in [0.25, 0.3) is 10.4 Å². The van der Waals surface area contributed by atoms with Gasteiger partial charge in [0.1, 0.15) is 11.0 Å². The van der Waals surface area contributed by atoms with Gasteiger partial charge < -0.3 is 14.5 Å². The number of azide groups is 1. The van der Waals surface area contributed by atoms with E-state index in [4.69, 9.17) is 14.7 Å². The number of nitrogens with zero attached hydrogens (tertiary/aromatic N) is 4. The molecule has 9 nitrogen and oxygen atoms in total. The third-order valence-electron chi connectivity index (χ3n) is 6.84. The maximum absolute atomic E-state index is 13.1. The first-order valence-electron chi connectivity index (χ1n) is 12.8. The van der Waals surface area contributed by atoms with Gasteiger partial charge in [-0.05, 0) is 48.8 Å². The van der Waals surface area contributed by atoms with E-state index in [2.05, 4.69) is 41.1 Å². The number of hydrogen-bond donors (Lipinski definition) is 1. The highest BCUT2D eigenvalue weighted by molar-refractivity contribution is 7.09. The van der Waals surface area contributed by atoms with Crippen molar-refractivity contribution in [1.29, 1.82) is 0 Å². The number of nitrogens with one attached hydrogen (secondary N) is 1. The average Bonchev–Trinajstić information content (AvgIpc) is 3.34. The third kappa shape index (κ3) is 8.90. The van der Waals surface area contributed by atoms with Gasteiger partial charge >= 0.3 is 5.97 Å². The van der Waals surface area contributed by atoms with Crippen LogP contribution in [0.1, 0.15) is 89.8 Å².